The molecule has 0 aromatic rings. The van der Waals surface area contributed by atoms with E-state index >= 15 is 0 Å². The van der Waals surface area contributed by atoms with Gasteiger partial charge in [-0.3, -0.25) is 9.69 Å². The molecule has 0 aromatic heterocycles. The molecule has 2 heterocycles. The summed E-state index contributed by atoms with van der Waals surface area (Å²) < 4.78 is 10.9. The minimum Gasteiger partial charge on any atom is -0.480 e. The first kappa shape index (κ1) is 12.8. The van der Waals surface area contributed by atoms with Crippen molar-refractivity contribution in [3.8, 4) is 0 Å². The summed E-state index contributed by atoms with van der Waals surface area (Å²) in [6, 6.07) is -0.528. The van der Waals surface area contributed by atoms with Crippen LogP contribution in [0.25, 0.3) is 0 Å². The summed E-state index contributed by atoms with van der Waals surface area (Å²) in [5.41, 5.74) is 0. The SMILES string of the molecule is CN1CCOC(CN2CCOCC2C(=O)O)C1. The first-order valence-corrected chi connectivity index (χ1v) is 6.01. The molecular weight excluding hydrogens is 224 g/mol. The van der Waals surface area contributed by atoms with Crippen molar-refractivity contribution in [2.45, 2.75) is 12.1 Å². The molecule has 0 aliphatic carbocycles. The largest absolute Gasteiger partial charge is 0.480 e. The molecule has 2 aliphatic rings. The molecule has 1 N–H and O–H groups in total. The van der Waals surface area contributed by atoms with E-state index < -0.39 is 12.0 Å². The average Bonchev–Trinajstić information content (AvgIpc) is 2.29. The van der Waals surface area contributed by atoms with Gasteiger partial charge in [-0.2, -0.15) is 0 Å². The lowest BCUT2D eigenvalue weighted by Crippen LogP contribution is -2.55. The number of hydrogen-bond acceptors (Lipinski definition) is 5. The molecule has 0 aromatic carbocycles. The minimum atomic E-state index is -0.811. The van der Waals surface area contributed by atoms with Crippen LogP contribution in [-0.2, 0) is 14.3 Å². The number of nitrogens with zero attached hydrogens (tertiary/aromatic N) is 2. The molecule has 6 nitrogen and oxygen atoms in total. The van der Waals surface area contributed by atoms with Crippen LogP contribution < -0.4 is 0 Å². The standard InChI is InChI=1S/C11H20N2O4/c1-12-2-5-17-9(6-12)7-13-3-4-16-8-10(13)11(14)15/h9-10H,2-8H2,1H3,(H,14,15). The Hall–Kier alpha value is -0.690. The van der Waals surface area contributed by atoms with Crippen molar-refractivity contribution in [3.63, 3.8) is 0 Å². The maximum absolute atomic E-state index is 11.1. The van der Waals surface area contributed by atoms with Crippen LogP contribution in [-0.4, -0.2) is 86.1 Å². The monoisotopic (exact) mass is 244 g/mol. The van der Waals surface area contributed by atoms with E-state index in [0.717, 1.165) is 19.7 Å². The van der Waals surface area contributed by atoms with Crippen molar-refractivity contribution in [1.82, 2.24) is 9.80 Å². The van der Waals surface area contributed by atoms with Crippen molar-refractivity contribution in [1.29, 1.82) is 0 Å². The summed E-state index contributed by atoms with van der Waals surface area (Å²) >= 11 is 0. The molecule has 0 saturated carbocycles. The molecule has 2 fully saturated rings. The summed E-state index contributed by atoms with van der Waals surface area (Å²) in [6.07, 6.45) is 0.105. The van der Waals surface area contributed by atoms with Gasteiger partial charge in [0.2, 0.25) is 0 Å². The van der Waals surface area contributed by atoms with Crippen molar-refractivity contribution in [2.24, 2.45) is 0 Å². The number of morpholine rings is 2. The Labute approximate surface area is 101 Å². The molecule has 2 aliphatic heterocycles. The zero-order chi connectivity index (χ0) is 12.3. The van der Waals surface area contributed by atoms with E-state index in [2.05, 4.69) is 11.9 Å². The molecule has 0 radical (unpaired) electrons. The molecule has 6 heteroatoms. The molecule has 2 atom stereocenters. The summed E-state index contributed by atoms with van der Waals surface area (Å²) in [6.45, 7) is 4.75. The number of rotatable bonds is 3. The summed E-state index contributed by atoms with van der Waals surface area (Å²) in [5.74, 6) is -0.811. The van der Waals surface area contributed by atoms with Gasteiger partial charge in [0.05, 0.1) is 25.9 Å². The van der Waals surface area contributed by atoms with Crippen LogP contribution in [0.1, 0.15) is 0 Å². The smallest absolute Gasteiger partial charge is 0.323 e. The number of hydrogen-bond donors (Lipinski definition) is 1. The average molecular weight is 244 g/mol. The highest BCUT2D eigenvalue weighted by molar-refractivity contribution is 5.73. The van der Waals surface area contributed by atoms with E-state index in [1.54, 1.807) is 0 Å². The molecule has 0 bridgehead atoms. The van der Waals surface area contributed by atoms with E-state index in [4.69, 9.17) is 14.6 Å². The molecule has 0 amide bonds. The van der Waals surface area contributed by atoms with Crippen molar-refractivity contribution >= 4 is 5.97 Å². The Morgan fingerprint density at radius 3 is 2.94 bits per heavy atom. The fourth-order valence-electron chi connectivity index (χ4n) is 2.32. The first-order chi connectivity index (χ1) is 8.16. The number of likely N-dealkylation sites (N-methyl/N-ethyl adjacent to an activating group) is 1. The number of carbonyl (C=O) groups is 1. The van der Waals surface area contributed by atoms with Crippen LogP contribution in [0.4, 0.5) is 0 Å². The first-order valence-electron chi connectivity index (χ1n) is 6.01. The zero-order valence-corrected chi connectivity index (χ0v) is 10.2. The van der Waals surface area contributed by atoms with E-state index in [1.165, 1.54) is 0 Å². The summed E-state index contributed by atoms with van der Waals surface area (Å²) in [4.78, 5) is 15.3. The van der Waals surface area contributed by atoms with E-state index in [-0.39, 0.29) is 12.7 Å². The van der Waals surface area contributed by atoms with E-state index in [0.29, 0.717) is 19.7 Å². The zero-order valence-electron chi connectivity index (χ0n) is 10.2. The van der Waals surface area contributed by atoms with E-state index in [9.17, 15) is 4.79 Å². The Morgan fingerprint density at radius 2 is 2.24 bits per heavy atom. The van der Waals surface area contributed by atoms with Crippen molar-refractivity contribution in [2.75, 3.05) is 53.0 Å². The summed E-state index contributed by atoms with van der Waals surface area (Å²) in [7, 11) is 2.06. The Morgan fingerprint density at radius 1 is 1.41 bits per heavy atom. The van der Waals surface area contributed by atoms with Gasteiger partial charge >= 0.3 is 5.97 Å². The van der Waals surface area contributed by atoms with Crippen molar-refractivity contribution in [3.05, 3.63) is 0 Å². The predicted octanol–water partition coefficient (Wildman–Crippen LogP) is -0.898. The molecule has 2 unspecified atom stereocenters. The normalized spacial score (nSPS) is 32.5. The Balaban J connectivity index is 1.89. The number of carboxylic acid groups (broad SMARTS) is 1. The van der Waals surface area contributed by atoms with Gasteiger partial charge in [0.1, 0.15) is 6.04 Å². The third kappa shape index (κ3) is 3.38. The highest BCUT2D eigenvalue weighted by Crippen LogP contribution is 2.11. The second-order valence-corrected chi connectivity index (χ2v) is 4.68. The van der Waals surface area contributed by atoms with Gasteiger partial charge < -0.3 is 19.5 Å². The van der Waals surface area contributed by atoms with Crippen LogP contribution in [0.5, 0.6) is 0 Å². The topological polar surface area (TPSA) is 62.2 Å². The lowest BCUT2D eigenvalue weighted by molar-refractivity contribution is -0.151. The highest BCUT2D eigenvalue weighted by Gasteiger charge is 2.31. The molecule has 98 valence electrons. The number of carboxylic acids is 1. The lowest BCUT2D eigenvalue weighted by Gasteiger charge is -2.38. The van der Waals surface area contributed by atoms with E-state index in [1.807, 2.05) is 4.90 Å². The fourth-order valence-corrected chi connectivity index (χ4v) is 2.32. The lowest BCUT2D eigenvalue weighted by atomic mass is 10.2. The quantitative estimate of drug-likeness (QED) is 0.694. The Bertz CT molecular complexity index is 274. The number of ether oxygens (including phenoxy) is 2. The Kier molecular flexibility index (Phi) is 4.33. The van der Waals surface area contributed by atoms with Gasteiger partial charge in [-0.05, 0) is 7.05 Å². The fraction of sp³-hybridized carbons (Fsp3) is 0.909. The maximum Gasteiger partial charge on any atom is 0.323 e. The van der Waals surface area contributed by atoms with Gasteiger partial charge in [0.15, 0.2) is 0 Å². The van der Waals surface area contributed by atoms with Gasteiger partial charge in [0, 0.05) is 26.2 Å². The predicted molar refractivity (Wildman–Crippen MR) is 61.1 cm³/mol. The third-order valence-corrected chi connectivity index (χ3v) is 3.30. The van der Waals surface area contributed by atoms with Gasteiger partial charge in [-0.15, -0.1) is 0 Å². The third-order valence-electron chi connectivity index (χ3n) is 3.30. The van der Waals surface area contributed by atoms with Gasteiger partial charge in [0.25, 0.3) is 0 Å². The van der Waals surface area contributed by atoms with Crippen LogP contribution in [0.2, 0.25) is 0 Å². The molecular formula is C11H20N2O4. The van der Waals surface area contributed by atoms with Crippen LogP contribution in [0.15, 0.2) is 0 Å². The van der Waals surface area contributed by atoms with Crippen LogP contribution in [0, 0.1) is 0 Å². The molecule has 2 rings (SSSR count). The maximum atomic E-state index is 11.1. The summed E-state index contributed by atoms with van der Waals surface area (Å²) in [5, 5.41) is 9.12. The van der Waals surface area contributed by atoms with Crippen molar-refractivity contribution < 1.29 is 19.4 Å². The second kappa shape index (κ2) is 5.77. The van der Waals surface area contributed by atoms with Gasteiger partial charge in [-0.25, -0.2) is 0 Å². The van der Waals surface area contributed by atoms with Crippen LogP contribution in [0.3, 0.4) is 0 Å². The molecule has 0 spiro atoms. The second-order valence-electron chi connectivity index (χ2n) is 4.68. The molecule has 2 saturated heterocycles. The minimum absolute atomic E-state index is 0.105. The van der Waals surface area contributed by atoms with Crippen LogP contribution >= 0.6 is 0 Å². The molecule has 17 heavy (non-hydrogen) atoms. The van der Waals surface area contributed by atoms with Gasteiger partial charge in [-0.1, -0.05) is 0 Å². The number of aliphatic carboxylic acids is 1. The highest BCUT2D eigenvalue weighted by atomic mass is 16.5.